The van der Waals surface area contributed by atoms with Crippen molar-refractivity contribution in [1.29, 1.82) is 0 Å². The number of ether oxygens (including phenoxy) is 2. The summed E-state index contributed by atoms with van der Waals surface area (Å²) in [5.74, 6) is 1.84. The number of amides is 1. The summed E-state index contributed by atoms with van der Waals surface area (Å²) < 4.78 is 13.9. The van der Waals surface area contributed by atoms with E-state index in [1.165, 1.54) is 12.8 Å². The van der Waals surface area contributed by atoms with Gasteiger partial charge in [-0.25, -0.2) is 0 Å². The van der Waals surface area contributed by atoms with E-state index in [9.17, 15) is 4.79 Å². The number of carbonyl (C=O) groups excluding carboxylic acids is 1. The van der Waals surface area contributed by atoms with Crippen LogP contribution < -0.4 is 14.4 Å². The van der Waals surface area contributed by atoms with Crippen LogP contribution in [0.4, 0.5) is 5.69 Å². The summed E-state index contributed by atoms with van der Waals surface area (Å²) in [7, 11) is 0. The number of benzene rings is 1. The van der Waals surface area contributed by atoms with E-state index < -0.39 is 0 Å². The third-order valence-electron chi connectivity index (χ3n) is 5.80. The molecule has 1 aliphatic carbocycles. The van der Waals surface area contributed by atoms with Gasteiger partial charge in [-0.05, 0) is 57.7 Å². The van der Waals surface area contributed by atoms with Crippen molar-refractivity contribution in [2.45, 2.75) is 59.1 Å². The second-order valence-electron chi connectivity index (χ2n) is 7.94. The van der Waals surface area contributed by atoms with Gasteiger partial charge in [0.25, 0.3) is 0 Å². The lowest BCUT2D eigenvalue weighted by Gasteiger charge is -2.36. The summed E-state index contributed by atoms with van der Waals surface area (Å²) in [5.41, 5.74) is 1.15. The quantitative estimate of drug-likeness (QED) is 0.697. The van der Waals surface area contributed by atoms with Crippen LogP contribution in [0, 0.1) is 0 Å². The molecule has 0 unspecified atom stereocenters. The maximum Gasteiger partial charge on any atom is 0.219 e. The van der Waals surface area contributed by atoms with Crippen LogP contribution in [-0.4, -0.2) is 59.5 Å². The van der Waals surface area contributed by atoms with E-state index in [2.05, 4.69) is 29.1 Å². The minimum absolute atomic E-state index is 0.159. The number of hydrogen-bond acceptors (Lipinski definition) is 5. The van der Waals surface area contributed by atoms with Crippen LogP contribution in [0.3, 0.4) is 0 Å². The van der Waals surface area contributed by atoms with Crippen molar-refractivity contribution in [2.75, 3.05) is 37.7 Å². The molecule has 0 radical (unpaired) electrons. The second kappa shape index (κ2) is 11.6. The van der Waals surface area contributed by atoms with Crippen LogP contribution in [0.2, 0.25) is 0 Å². The monoisotopic (exact) mass is 428 g/mol. The smallest absolute Gasteiger partial charge is 0.219 e. The van der Waals surface area contributed by atoms with E-state index in [0.29, 0.717) is 12.7 Å². The SMILES string of the molecule is CCOc1ccc(N2CCN(C(C)=O)CC2)cc1OC1CCCC1.CCn1cccn1. The third-order valence-corrected chi connectivity index (χ3v) is 5.80. The Labute approximate surface area is 185 Å². The number of carbonyl (C=O) groups is 1. The van der Waals surface area contributed by atoms with E-state index in [-0.39, 0.29) is 5.91 Å². The molecule has 2 aliphatic rings. The molecular weight excluding hydrogens is 392 g/mol. The summed E-state index contributed by atoms with van der Waals surface area (Å²) in [6.45, 7) is 10.6. The zero-order valence-electron chi connectivity index (χ0n) is 19.1. The van der Waals surface area contributed by atoms with E-state index in [1.54, 1.807) is 13.1 Å². The Morgan fingerprint density at radius 1 is 1.10 bits per heavy atom. The van der Waals surface area contributed by atoms with Gasteiger partial charge in [-0.1, -0.05) is 0 Å². The highest BCUT2D eigenvalue weighted by Gasteiger charge is 2.22. The first kappa shape index (κ1) is 23.0. The molecule has 7 nitrogen and oxygen atoms in total. The Morgan fingerprint density at radius 2 is 1.84 bits per heavy atom. The van der Waals surface area contributed by atoms with Crippen LogP contribution in [-0.2, 0) is 11.3 Å². The highest BCUT2D eigenvalue weighted by atomic mass is 16.5. The van der Waals surface area contributed by atoms with Crippen molar-refractivity contribution in [2.24, 2.45) is 0 Å². The van der Waals surface area contributed by atoms with Crippen LogP contribution in [0.25, 0.3) is 0 Å². The average Bonchev–Trinajstić information content (AvgIpc) is 3.50. The first-order chi connectivity index (χ1) is 15.1. The molecule has 31 heavy (non-hydrogen) atoms. The molecule has 1 saturated heterocycles. The van der Waals surface area contributed by atoms with Gasteiger partial charge < -0.3 is 19.3 Å². The predicted molar refractivity (Wildman–Crippen MR) is 123 cm³/mol. The number of anilines is 1. The Bertz CT molecular complexity index is 795. The maximum absolute atomic E-state index is 11.5. The molecule has 2 heterocycles. The fourth-order valence-electron chi connectivity index (χ4n) is 4.01. The third kappa shape index (κ3) is 6.64. The lowest BCUT2D eigenvalue weighted by Crippen LogP contribution is -2.48. The first-order valence-electron chi connectivity index (χ1n) is 11.5. The molecule has 1 aromatic carbocycles. The fourth-order valence-corrected chi connectivity index (χ4v) is 4.01. The van der Waals surface area contributed by atoms with E-state index in [0.717, 1.165) is 62.8 Å². The van der Waals surface area contributed by atoms with Crippen molar-refractivity contribution in [3.8, 4) is 11.5 Å². The van der Waals surface area contributed by atoms with Gasteiger partial charge in [-0.3, -0.25) is 9.48 Å². The molecule has 2 fully saturated rings. The molecule has 0 atom stereocenters. The molecule has 4 rings (SSSR count). The molecule has 1 aromatic heterocycles. The topological polar surface area (TPSA) is 59.8 Å². The van der Waals surface area contributed by atoms with Gasteiger partial charge in [-0.2, -0.15) is 5.10 Å². The van der Waals surface area contributed by atoms with Crippen LogP contribution in [0.5, 0.6) is 11.5 Å². The van der Waals surface area contributed by atoms with Gasteiger partial charge in [0.1, 0.15) is 0 Å². The molecule has 7 heteroatoms. The number of rotatable bonds is 6. The van der Waals surface area contributed by atoms with Gasteiger partial charge in [0, 0.05) is 63.8 Å². The Kier molecular flexibility index (Phi) is 8.62. The second-order valence-corrected chi connectivity index (χ2v) is 7.94. The number of nitrogens with zero attached hydrogens (tertiary/aromatic N) is 4. The lowest BCUT2D eigenvalue weighted by molar-refractivity contribution is -0.129. The maximum atomic E-state index is 11.5. The Hall–Kier alpha value is -2.70. The van der Waals surface area contributed by atoms with Crippen LogP contribution in [0.15, 0.2) is 36.7 Å². The zero-order chi connectivity index (χ0) is 22.1. The van der Waals surface area contributed by atoms with Crippen LogP contribution >= 0.6 is 0 Å². The zero-order valence-corrected chi connectivity index (χ0v) is 19.1. The molecule has 0 N–H and O–H groups in total. The Morgan fingerprint density at radius 3 is 2.39 bits per heavy atom. The van der Waals surface area contributed by atoms with Gasteiger partial charge >= 0.3 is 0 Å². The molecule has 0 bridgehead atoms. The van der Waals surface area contributed by atoms with Crippen molar-refractivity contribution < 1.29 is 14.3 Å². The van der Waals surface area contributed by atoms with Crippen molar-refractivity contribution >= 4 is 11.6 Å². The fraction of sp³-hybridized carbons (Fsp3) is 0.583. The average molecular weight is 429 g/mol. The number of aromatic nitrogens is 2. The van der Waals surface area contributed by atoms with Crippen LogP contribution in [0.1, 0.15) is 46.5 Å². The van der Waals surface area contributed by atoms with Gasteiger partial charge in [-0.15, -0.1) is 0 Å². The summed E-state index contributed by atoms with van der Waals surface area (Å²) in [4.78, 5) is 15.7. The summed E-state index contributed by atoms with van der Waals surface area (Å²) in [6.07, 6.45) is 8.81. The standard InChI is InChI=1S/C19H28N2O3.C5H8N2/c1-3-23-18-9-8-16(14-19(18)24-17-6-4-5-7-17)21-12-10-20(11-13-21)15(2)22;1-2-7-5-3-4-6-7/h8-9,14,17H,3-7,10-13H2,1-2H3;3-5H,2H2,1H3. The minimum Gasteiger partial charge on any atom is -0.490 e. The minimum atomic E-state index is 0.159. The largest absolute Gasteiger partial charge is 0.490 e. The predicted octanol–water partition coefficient (Wildman–Crippen LogP) is 3.98. The van der Waals surface area contributed by atoms with Gasteiger partial charge in [0.05, 0.1) is 12.7 Å². The number of piperazine rings is 1. The molecule has 1 saturated carbocycles. The number of hydrogen-bond donors (Lipinski definition) is 0. The number of aryl methyl sites for hydroxylation is 1. The molecule has 0 spiro atoms. The summed E-state index contributed by atoms with van der Waals surface area (Å²) in [5, 5.41) is 3.95. The van der Waals surface area contributed by atoms with Crippen molar-refractivity contribution in [3.05, 3.63) is 36.7 Å². The van der Waals surface area contributed by atoms with Crippen molar-refractivity contribution in [3.63, 3.8) is 0 Å². The lowest BCUT2D eigenvalue weighted by atomic mass is 10.2. The summed E-state index contributed by atoms with van der Waals surface area (Å²) >= 11 is 0. The molecule has 2 aromatic rings. The molecular formula is C24H36N4O3. The van der Waals surface area contributed by atoms with E-state index >= 15 is 0 Å². The summed E-state index contributed by atoms with van der Waals surface area (Å²) in [6, 6.07) is 8.13. The van der Waals surface area contributed by atoms with Gasteiger partial charge in [0.15, 0.2) is 11.5 Å². The first-order valence-corrected chi connectivity index (χ1v) is 11.5. The molecule has 170 valence electrons. The highest BCUT2D eigenvalue weighted by Crippen LogP contribution is 2.35. The Balaban J connectivity index is 0.000000330. The van der Waals surface area contributed by atoms with E-state index in [1.807, 2.05) is 34.8 Å². The van der Waals surface area contributed by atoms with Crippen molar-refractivity contribution in [1.82, 2.24) is 14.7 Å². The van der Waals surface area contributed by atoms with Gasteiger partial charge in [0.2, 0.25) is 5.91 Å². The normalized spacial score (nSPS) is 16.6. The molecule has 1 amide bonds. The highest BCUT2D eigenvalue weighted by molar-refractivity contribution is 5.73. The molecule has 1 aliphatic heterocycles. The van der Waals surface area contributed by atoms with E-state index in [4.69, 9.17) is 9.47 Å².